The number of fused-ring (bicyclic) bond motifs is 3. The topological polar surface area (TPSA) is 105 Å². The number of H-pyrrole nitrogens is 1. The van der Waals surface area contributed by atoms with Crippen molar-refractivity contribution in [2.24, 2.45) is 11.3 Å². The van der Waals surface area contributed by atoms with E-state index in [-0.39, 0.29) is 36.1 Å². The van der Waals surface area contributed by atoms with Gasteiger partial charge in [0.2, 0.25) is 5.91 Å². The molecule has 0 radical (unpaired) electrons. The normalized spacial score (nSPS) is 23.3. The molecule has 2 bridgehead atoms. The minimum absolute atomic E-state index is 0.0125. The van der Waals surface area contributed by atoms with Gasteiger partial charge in [-0.05, 0) is 57.7 Å². The van der Waals surface area contributed by atoms with Crippen LogP contribution in [-0.4, -0.2) is 80.9 Å². The SMILES string of the molecule is CC(C)(C)[C@H](CC(=O)c1cc2ccccc2[nH]1)C(=O)N1C[C@@H]2C[C@H]1CN2C(=O)c1ccc(B2OC(C)(C)C(C)(C)O2)cn1. The Bertz CT molecular complexity index is 1520. The first-order valence-electron chi connectivity index (χ1n) is 15.2. The van der Waals surface area contributed by atoms with E-state index in [0.29, 0.717) is 24.5 Å². The molecule has 3 aliphatic heterocycles. The van der Waals surface area contributed by atoms with Gasteiger partial charge in [-0.1, -0.05) is 45.0 Å². The molecule has 3 aromatic rings. The van der Waals surface area contributed by atoms with Gasteiger partial charge >= 0.3 is 7.12 Å². The first kappa shape index (κ1) is 29.6. The monoisotopic (exact) mass is 584 g/mol. The Hall–Kier alpha value is -3.50. The van der Waals surface area contributed by atoms with E-state index in [1.807, 2.05) is 94.7 Å². The number of ketones is 1. The maximum absolute atomic E-state index is 13.9. The smallest absolute Gasteiger partial charge is 0.399 e. The summed E-state index contributed by atoms with van der Waals surface area (Å²) in [4.78, 5) is 52.2. The second-order valence-corrected chi connectivity index (χ2v) is 14.4. The van der Waals surface area contributed by atoms with Crippen LogP contribution in [0.1, 0.15) is 82.3 Å². The summed E-state index contributed by atoms with van der Waals surface area (Å²) >= 11 is 0. The average Bonchev–Trinajstić information content (AvgIpc) is 3.71. The molecule has 9 nitrogen and oxygen atoms in total. The van der Waals surface area contributed by atoms with E-state index in [1.165, 1.54) is 0 Å². The number of aromatic amines is 1. The van der Waals surface area contributed by atoms with Crippen molar-refractivity contribution in [3.8, 4) is 0 Å². The van der Waals surface area contributed by atoms with E-state index < -0.39 is 29.7 Å². The average molecular weight is 585 g/mol. The fraction of sp³-hybridized carbons (Fsp3) is 0.515. The maximum atomic E-state index is 13.9. The molecular weight excluding hydrogens is 543 g/mol. The molecule has 5 heterocycles. The Morgan fingerprint density at radius 1 is 1.00 bits per heavy atom. The number of carbonyl (C=O) groups excluding carboxylic acids is 3. The molecule has 2 aromatic heterocycles. The lowest BCUT2D eigenvalue weighted by Gasteiger charge is -2.39. The number of nitrogens with one attached hydrogen (secondary N) is 1. The number of aromatic nitrogens is 2. The van der Waals surface area contributed by atoms with Crippen LogP contribution in [0.15, 0.2) is 48.7 Å². The molecule has 10 heteroatoms. The van der Waals surface area contributed by atoms with Gasteiger partial charge < -0.3 is 24.1 Å². The molecule has 1 N–H and O–H groups in total. The van der Waals surface area contributed by atoms with Crippen LogP contribution in [-0.2, 0) is 14.1 Å². The number of pyridine rings is 1. The standard InChI is InChI=1S/C33H41BN4O5/c1-31(2,3)24(16-28(39)27-14-20-10-8-9-11-25(20)36-27)29(40)37-18-23-15-22(37)19-38(23)30(41)26-13-12-21(17-35-26)34-42-32(4,5)33(6,7)43-34/h8-14,17,22-24,36H,15-16,18-19H2,1-7H3/t22-,23-,24+/m0/s1. The molecule has 0 saturated carbocycles. The van der Waals surface area contributed by atoms with E-state index in [0.717, 1.165) is 22.8 Å². The molecule has 0 unspecified atom stereocenters. The second kappa shape index (κ2) is 10.3. The number of benzene rings is 1. The zero-order valence-electron chi connectivity index (χ0n) is 26.1. The molecule has 6 rings (SSSR count). The molecule has 3 fully saturated rings. The van der Waals surface area contributed by atoms with Gasteiger partial charge in [-0.25, -0.2) is 0 Å². The Balaban J connectivity index is 1.11. The minimum Gasteiger partial charge on any atom is -0.399 e. The van der Waals surface area contributed by atoms with Gasteiger partial charge in [0, 0.05) is 42.1 Å². The van der Waals surface area contributed by atoms with Crippen LogP contribution < -0.4 is 5.46 Å². The van der Waals surface area contributed by atoms with Crippen molar-refractivity contribution in [1.82, 2.24) is 19.8 Å². The molecule has 3 saturated heterocycles. The fourth-order valence-corrected chi connectivity index (χ4v) is 6.47. The largest absolute Gasteiger partial charge is 0.496 e. The molecule has 43 heavy (non-hydrogen) atoms. The molecule has 0 aliphatic carbocycles. The van der Waals surface area contributed by atoms with E-state index in [4.69, 9.17) is 9.31 Å². The number of para-hydroxylation sites is 1. The quantitative estimate of drug-likeness (QED) is 0.344. The van der Waals surface area contributed by atoms with Crippen LogP contribution in [0.2, 0.25) is 0 Å². The van der Waals surface area contributed by atoms with Crippen molar-refractivity contribution in [3.63, 3.8) is 0 Å². The van der Waals surface area contributed by atoms with Crippen molar-refractivity contribution in [2.45, 2.75) is 84.6 Å². The fourth-order valence-electron chi connectivity index (χ4n) is 6.47. The number of amides is 2. The highest BCUT2D eigenvalue weighted by atomic mass is 16.7. The van der Waals surface area contributed by atoms with Gasteiger partial charge in [-0.15, -0.1) is 0 Å². The second-order valence-electron chi connectivity index (χ2n) is 14.4. The van der Waals surface area contributed by atoms with Crippen molar-refractivity contribution in [3.05, 3.63) is 60.0 Å². The first-order chi connectivity index (χ1) is 20.1. The number of rotatable bonds is 6. The Kier molecular flexibility index (Phi) is 7.09. The van der Waals surface area contributed by atoms with Gasteiger partial charge in [0.1, 0.15) is 5.69 Å². The third-order valence-electron chi connectivity index (χ3n) is 9.88. The number of nitrogens with zero attached hydrogens (tertiary/aromatic N) is 3. The van der Waals surface area contributed by atoms with E-state index in [1.54, 1.807) is 12.3 Å². The number of piperazine rings is 1. The molecule has 2 amide bonds. The zero-order chi connectivity index (χ0) is 30.9. The van der Waals surface area contributed by atoms with Gasteiger partial charge in [0.05, 0.1) is 34.9 Å². The van der Waals surface area contributed by atoms with Crippen molar-refractivity contribution in [2.75, 3.05) is 13.1 Å². The van der Waals surface area contributed by atoms with E-state index in [9.17, 15) is 14.4 Å². The third-order valence-corrected chi connectivity index (χ3v) is 9.88. The van der Waals surface area contributed by atoms with Crippen LogP contribution in [0.3, 0.4) is 0 Å². The highest BCUT2D eigenvalue weighted by Crippen LogP contribution is 2.38. The number of Topliss-reactive ketones (excluding diaryl/α,β-unsaturated/α-hetero) is 1. The van der Waals surface area contributed by atoms with Crippen molar-refractivity contribution in [1.29, 1.82) is 0 Å². The van der Waals surface area contributed by atoms with Crippen LogP contribution in [0.5, 0.6) is 0 Å². The number of likely N-dealkylation sites (tertiary alicyclic amines) is 2. The van der Waals surface area contributed by atoms with Gasteiger partial charge in [-0.3, -0.25) is 19.4 Å². The predicted octanol–water partition coefficient (Wildman–Crippen LogP) is 4.22. The molecule has 226 valence electrons. The summed E-state index contributed by atoms with van der Waals surface area (Å²) in [6.07, 6.45) is 2.51. The van der Waals surface area contributed by atoms with Gasteiger partial charge in [0.15, 0.2) is 5.78 Å². The van der Waals surface area contributed by atoms with Crippen molar-refractivity contribution < 1.29 is 23.7 Å². The summed E-state index contributed by atoms with van der Waals surface area (Å²) in [7, 11) is -0.539. The zero-order valence-corrected chi connectivity index (χ0v) is 26.1. The molecule has 3 aliphatic rings. The number of hydrogen-bond acceptors (Lipinski definition) is 6. The lowest BCUT2D eigenvalue weighted by atomic mass is 9.76. The van der Waals surface area contributed by atoms with Crippen LogP contribution in [0.25, 0.3) is 10.9 Å². The summed E-state index contributed by atoms with van der Waals surface area (Å²) in [6, 6.07) is 13.1. The summed E-state index contributed by atoms with van der Waals surface area (Å²) < 4.78 is 12.2. The number of carbonyl (C=O) groups is 3. The summed E-state index contributed by atoms with van der Waals surface area (Å²) in [6.45, 7) is 15.0. The van der Waals surface area contributed by atoms with Crippen LogP contribution in [0.4, 0.5) is 0 Å². The minimum atomic E-state index is -0.539. The Labute approximate surface area is 253 Å². The lowest BCUT2D eigenvalue weighted by Crippen LogP contribution is -2.53. The lowest BCUT2D eigenvalue weighted by molar-refractivity contribution is -0.141. The molecule has 1 aromatic carbocycles. The maximum Gasteiger partial charge on any atom is 0.496 e. The summed E-state index contributed by atoms with van der Waals surface area (Å²) in [5.74, 6) is -0.692. The van der Waals surface area contributed by atoms with Gasteiger partial charge in [-0.2, -0.15) is 0 Å². The summed E-state index contributed by atoms with van der Waals surface area (Å²) in [5.41, 5.74) is 1.25. The molecular formula is C33H41BN4O5. The van der Waals surface area contributed by atoms with E-state index in [2.05, 4.69) is 9.97 Å². The van der Waals surface area contributed by atoms with Crippen LogP contribution >= 0.6 is 0 Å². The molecule has 0 spiro atoms. The number of hydrogen-bond donors (Lipinski definition) is 1. The molecule has 3 atom stereocenters. The van der Waals surface area contributed by atoms with Gasteiger partial charge in [0.25, 0.3) is 5.91 Å². The predicted molar refractivity (Wildman–Crippen MR) is 165 cm³/mol. The first-order valence-corrected chi connectivity index (χ1v) is 15.2. The van der Waals surface area contributed by atoms with Crippen LogP contribution in [0, 0.1) is 11.3 Å². The Morgan fingerprint density at radius 2 is 1.65 bits per heavy atom. The summed E-state index contributed by atoms with van der Waals surface area (Å²) in [5, 5.41) is 0.975. The highest BCUT2D eigenvalue weighted by molar-refractivity contribution is 6.62. The Morgan fingerprint density at radius 3 is 2.23 bits per heavy atom. The van der Waals surface area contributed by atoms with E-state index >= 15 is 0 Å². The van der Waals surface area contributed by atoms with Crippen molar-refractivity contribution >= 4 is 41.1 Å². The highest BCUT2D eigenvalue weighted by Gasteiger charge is 2.52. The third kappa shape index (κ3) is 5.29.